The van der Waals surface area contributed by atoms with Crippen LogP contribution in [0.1, 0.15) is 12.5 Å². The van der Waals surface area contributed by atoms with Gasteiger partial charge in [-0.05, 0) is 24.2 Å². The van der Waals surface area contributed by atoms with Gasteiger partial charge in [0, 0.05) is 24.9 Å². The third kappa shape index (κ3) is 4.00. The lowest BCUT2D eigenvalue weighted by atomic mass is 10.2. The Morgan fingerprint density at radius 1 is 1.10 bits per heavy atom. The van der Waals surface area contributed by atoms with Crippen molar-refractivity contribution < 1.29 is 4.74 Å². The summed E-state index contributed by atoms with van der Waals surface area (Å²) in [6.45, 7) is 3.55. The molecule has 0 spiro atoms. The number of pyridine rings is 1. The molecule has 0 saturated heterocycles. The molecule has 0 amide bonds. The summed E-state index contributed by atoms with van der Waals surface area (Å²) >= 11 is 17.9. The summed E-state index contributed by atoms with van der Waals surface area (Å²) in [6.07, 6.45) is 1.57. The van der Waals surface area contributed by atoms with Crippen molar-refractivity contribution in [2.75, 3.05) is 6.54 Å². The molecule has 0 aliphatic heterocycles. The van der Waals surface area contributed by atoms with Gasteiger partial charge in [0.15, 0.2) is 0 Å². The molecule has 2 rings (SSSR count). The highest BCUT2D eigenvalue weighted by Gasteiger charge is 2.06. The van der Waals surface area contributed by atoms with E-state index in [2.05, 4.69) is 10.3 Å². The second kappa shape index (κ2) is 7.14. The first-order valence-electron chi connectivity index (χ1n) is 6.08. The molecular formula is C14H13Cl3N2O. The Morgan fingerprint density at radius 2 is 1.90 bits per heavy atom. The zero-order valence-electron chi connectivity index (χ0n) is 10.8. The number of ether oxygens (including phenoxy) is 1. The van der Waals surface area contributed by atoms with Crippen LogP contribution in [0.5, 0.6) is 11.6 Å². The monoisotopic (exact) mass is 330 g/mol. The number of aromatic nitrogens is 1. The number of benzene rings is 1. The minimum Gasteiger partial charge on any atom is -0.439 e. The second-order valence-electron chi connectivity index (χ2n) is 4.07. The molecule has 1 aromatic heterocycles. The van der Waals surface area contributed by atoms with Crippen LogP contribution in [0.4, 0.5) is 0 Å². The number of halogens is 3. The Bertz CT molecular complexity index is 605. The van der Waals surface area contributed by atoms with Crippen LogP contribution in [0, 0.1) is 0 Å². The van der Waals surface area contributed by atoms with Gasteiger partial charge in [-0.15, -0.1) is 0 Å². The molecule has 0 bridgehead atoms. The van der Waals surface area contributed by atoms with E-state index in [0.717, 1.165) is 12.1 Å². The molecule has 0 aliphatic rings. The molecule has 2 aromatic rings. The topological polar surface area (TPSA) is 34.1 Å². The fraction of sp³-hybridized carbons (Fsp3) is 0.214. The molecule has 106 valence electrons. The van der Waals surface area contributed by atoms with E-state index in [0.29, 0.717) is 33.2 Å². The first-order valence-corrected chi connectivity index (χ1v) is 7.21. The van der Waals surface area contributed by atoms with Crippen LogP contribution >= 0.6 is 34.8 Å². The Morgan fingerprint density at radius 3 is 2.60 bits per heavy atom. The molecule has 0 atom stereocenters. The maximum Gasteiger partial charge on any atom is 0.219 e. The van der Waals surface area contributed by atoms with E-state index in [9.17, 15) is 0 Å². The minimum atomic E-state index is 0.436. The van der Waals surface area contributed by atoms with Crippen LogP contribution in [0.3, 0.4) is 0 Å². The highest BCUT2D eigenvalue weighted by atomic mass is 35.5. The Labute approximate surface area is 132 Å². The third-order valence-corrected chi connectivity index (χ3v) is 3.67. The molecular weight excluding hydrogens is 319 g/mol. The summed E-state index contributed by atoms with van der Waals surface area (Å²) in [5.41, 5.74) is 0.929. The number of rotatable bonds is 5. The molecule has 1 aromatic carbocycles. The quantitative estimate of drug-likeness (QED) is 0.842. The van der Waals surface area contributed by atoms with E-state index in [4.69, 9.17) is 39.5 Å². The van der Waals surface area contributed by atoms with Crippen LogP contribution in [0.15, 0.2) is 30.5 Å². The summed E-state index contributed by atoms with van der Waals surface area (Å²) in [4.78, 5) is 4.14. The van der Waals surface area contributed by atoms with Crippen molar-refractivity contribution >= 4 is 34.8 Å². The average Bonchev–Trinajstić information content (AvgIpc) is 2.43. The van der Waals surface area contributed by atoms with Gasteiger partial charge in [0.2, 0.25) is 5.88 Å². The normalized spacial score (nSPS) is 10.6. The van der Waals surface area contributed by atoms with Crippen molar-refractivity contribution in [1.29, 1.82) is 0 Å². The van der Waals surface area contributed by atoms with Gasteiger partial charge in [-0.3, -0.25) is 0 Å². The maximum atomic E-state index is 6.08. The van der Waals surface area contributed by atoms with E-state index >= 15 is 0 Å². The molecule has 0 radical (unpaired) electrons. The van der Waals surface area contributed by atoms with Crippen molar-refractivity contribution in [2.45, 2.75) is 13.5 Å². The van der Waals surface area contributed by atoms with Gasteiger partial charge in [0.05, 0.1) is 15.1 Å². The molecule has 1 heterocycles. The molecule has 0 saturated carbocycles. The molecule has 0 fully saturated rings. The van der Waals surface area contributed by atoms with Crippen LogP contribution in [-0.4, -0.2) is 11.5 Å². The lowest BCUT2D eigenvalue weighted by Gasteiger charge is -2.09. The van der Waals surface area contributed by atoms with Crippen molar-refractivity contribution in [2.24, 2.45) is 0 Å². The molecule has 6 heteroatoms. The largest absolute Gasteiger partial charge is 0.439 e. The zero-order chi connectivity index (χ0) is 14.5. The van der Waals surface area contributed by atoms with E-state index < -0.39 is 0 Å². The van der Waals surface area contributed by atoms with Crippen molar-refractivity contribution in [1.82, 2.24) is 10.3 Å². The Hall–Kier alpha value is -1.00. The lowest BCUT2D eigenvalue weighted by molar-refractivity contribution is 0.462. The van der Waals surface area contributed by atoms with E-state index in [1.54, 1.807) is 30.5 Å². The van der Waals surface area contributed by atoms with E-state index in [1.165, 1.54) is 0 Å². The summed E-state index contributed by atoms with van der Waals surface area (Å²) in [7, 11) is 0. The molecule has 0 unspecified atom stereocenters. The molecule has 20 heavy (non-hydrogen) atoms. The smallest absolute Gasteiger partial charge is 0.219 e. The predicted octanol–water partition coefficient (Wildman–Crippen LogP) is 4.94. The van der Waals surface area contributed by atoms with Gasteiger partial charge < -0.3 is 10.1 Å². The zero-order valence-corrected chi connectivity index (χ0v) is 13.1. The minimum absolute atomic E-state index is 0.436. The van der Waals surface area contributed by atoms with Crippen molar-refractivity contribution in [3.8, 4) is 11.6 Å². The highest BCUT2D eigenvalue weighted by Crippen LogP contribution is 2.29. The van der Waals surface area contributed by atoms with Gasteiger partial charge in [-0.25, -0.2) is 4.98 Å². The highest BCUT2D eigenvalue weighted by molar-refractivity contribution is 6.42. The SMILES string of the molecule is CCNCc1cc(Oc2ccc(Cl)c(Cl)c2)ncc1Cl. The van der Waals surface area contributed by atoms with Crippen LogP contribution < -0.4 is 10.1 Å². The fourth-order valence-electron chi connectivity index (χ4n) is 1.57. The number of nitrogens with zero attached hydrogens (tertiary/aromatic N) is 1. The molecule has 1 N–H and O–H groups in total. The van der Waals surface area contributed by atoms with Gasteiger partial charge in [-0.1, -0.05) is 41.7 Å². The maximum absolute atomic E-state index is 6.08. The first kappa shape index (κ1) is 15.4. The Balaban J connectivity index is 2.18. The van der Waals surface area contributed by atoms with Gasteiger partial charge in [0.25, 0.3) is 0 Å². The number of hydrogen-bond donors (Lipinski definition) is 1. The van der Waals surface area contributed by atoms with Gasteiger partial charge in [0.1, 0.15) is 5.75 Å². The first-order chi connectivity index (χ1) is 9.60. The Kier molecular flexibility index (Phi) is 5.49. The van der Waals surface area contributed by atoms with Crippen LogP contribution in [-0.2, 0) is 6.54 Å². The average molecular weight is 332 g/mol. The van der Waals surface area contributed by atoms with E-state index in [-0.39, 0.29) is 0 Å². The van der Waals surface area contributed by atoms with Crippen molar-refractivity contribution in [3.63, 3.8) is 0 Å². The van der Waals surface area contributed by atoms with Crippen LogP contribution in [0.25, 0.3) is 0 Å². The fourth-order valence-corrected chi connectivity index (χ4v) is 2.03. The summed E-state index contributed by atoms with van der Waals surface area (Å²) in [5, 5.41) is 4.73. The van der Waals surface area contributed by atoms with Crippen molar-refractivity contribution in [3.05, 3.63) is 51.1 Å². The summed E-state index contributed by atoms with van der Waals surface area (Å²) < 4.78 is 5.65. The third-order valence-electron chi connectivity index (χ3n) is 2.59. The van der Waals surface area contributed by atoms with Crippen LogP contribution in [0.2, 0.25) is 15.1 Å². The second-order valence-corrected chi connectivity index (χ2v) is 5.29. The van der Waals surface area contributed by atoms with Gasteiger partial charge in [-0.2, -0.15) is 0 Å². The van der Waals surface area contributed by atoms with Gasteiger partial charge >= 0.3 is 0 Å². The van der Waals surface area contributed by atoms with E-state index in [1.807, 2.05) is 6.92 Å². The molecule has 3 nitrogen and oxygen atoms in total. The molecule has 0 aliphatic carbocycles. The lowest BCUT2D eigenvalue weighted by Crippen LogP contribution is -2.12. The standard InChI is InChI=1S/C14H13Cl3N2O/c1-2-18-7-9-5-14(19-8-13(9)17)20-10-3-4-11(15)12(16)6-10/h3-6,8,18H,2,7H2,1H3. The summed E-state index contributed by atoms with van der Waals surface area (Å²) in [6, 6.07) is 6.85. The summed E-state index contributed by atoms with van der Waals surface area (Å²) in [5.74, 6) is 1.03. The predicted molar refractivity (Wildman–Crippen MR) is 83.2 cm³/mol. The number of hydrogen-bond acceptors (Lipinski definition) is 3. The number of nitrogens with one attached hydrogen (secondary N) is 1.